The fraction of sp³-hybridized carbons (Fsp3) is 0.308. The molecule has 0 aliphatic heterocycles. The molecule has 0 atom stereocenters. The molecule has 1 aromatic heterocycles. The van der Waals surface area contributed by atoms with Gasteiger partial charge in [0.05, 0.1) is 13.2 Å². The summed E-state index contributed by atoms with van der Waals surface area (Å²) < 4.78 is 28.0. The summed E-state index contributed by atoms with van der Waals surface area (Å²) in [5, 5.41) is 0.902. The summed E-state index contributed by atoms with van der Waals surface area (Å²) in [5.41, 5.74) is 0.629. The number of para-hydroxylation sites is 1. The normalized spacial score (nSPS) is 11.7. The fourth-order valence-corrected chi connectivity index (χ4v) is 2.88. The molecular weight excluding hydrogens is 265 g/mol. The van der Waals surface area contributed by atoms with Crippen molar-refractivity contribution in [2.24, 2.45) is 0 Å². The van der Waals surface area contributed by atoms with Gasteiger partial charge in [0.2, 0.25) is 0 Å². The maximum Gasteiger partial charge on any atom is 0.530 e. The number of pyridine rings is 1. The predicted octanol–water partition coefficient (Wildman–Crippen LogP) is 3.79. The third-order valence-electron chi connectivity index (χ3n) is 2.38. The number of benzene rings is 1. The van der Waals surface area contributed by atoms with E-state index in [9.17, 15) is 4.57 Å². The van der Waals surface area contributed by atoms with Gasteiger partial charge < -0.3 is 4.52 Å². The minimum Gasteiger partial charge on any atom is -0.402 e. The summed E-state index contributed by atoms with van der Waals surface area (Å²) in [7, 11) is -3.59. The Bertz CT molecular complexity index is 587. The van der Waals surface area contributed by atoms with Crippen LogP contribution in [0.25, 0.3) is 10.9 Å². The van der Waals surface area contributed by atoms with Crippen LogP contribution in [-0.4, -0.2) is 18.2 Å². The second-order valence-corrected chi connectivity index (χ2v) is 5.30. The van der Waals surface area contributed by atoms with Crippen molar-refractivity contribution in [3.8, 4) is 5.75 Å². The van der Waals surface area contributed by atoms with Crippen LogP contribution in [-0.2, 0) is 13.6 Å². The molecule has 0 bridgehead atoms. The first-order chi connectivity index (χ1) is 9.18. The van der Waals surface area contributed by atoms with E-state index in [4.69, 9.17) is 13.6 Å². The molecular formula is C13H16NO4P. The summed E-state index contributed by atoms with van der Waals surface area (Å²) in [5.74, 6) is 0.392. The smallest absolute Gasteiger partial charge is 0.402 e. The van der Waals surface area contributed by atoms with Crippen molar-refractivity contribution >= 4 is 18.7 Å². The first-order valence-corrected chi connectivity index (χ1v) is 7.57. The van der Waals surface area contributed by atoms with Crippen LogP contribution in [0.4, 0.5) is 0 Å². The molecule has 0 aliphatic rings. The van der Waals surface area contributed by atoms with Gasteiger partial charge in [0.15, 0.2) is 5.75 Å². The van der Waals surface area contributed by atoms with Gasteiger partial charge in [0.25, 0.3) is 0 Å². The summed E-state index contributed by atoms with van der Waals surface area (Å²) in [6.45, 7) is 3.96. The Kier molecular flexibility index (Phi) is 4.53. The van der Waals surface area contributed by atoms with Crippen molar-refractivity contribution in [2.75, 3.05) is 13.2 Å². The number of phosphoric acid groups is 1. The van der Waals surface area contributed by atoms with Crippen LogP contribution in [0, 0.1) is 0 Å². The van der Waals surface area contributed by atoms with Gasteiger partial charge in [-0.1, -0.05) is 18.2 Å². The summed E-state index contributed by atoms with van der Waals surface area (Å²) in [6, 6.07) is 9.14. The molecule has 2 aromatic rings. The van der Waals surface area contributed by atoms with E-state index in [1.54, 1.807) is 26.1 Å². The van der Waals surface area contributed by atoms with Crippen molar-refractivity contribution in [2.45, 2.75) is 13.8 Å². The maximum absolute atomic E-state index is 12.3. The topological polar surface area (TPSA) is 57.7 Å². The predicted molar refractivity (Wildman–Crippen MR) is 73.2 cm³/mol. The van der Waals surface area contributed by atoms with Gasteiger partial charge in [0, 0.05) is 11.6 Å². The third kappa shape index (κ3) is 3.32. The van der Waals surface area contributed by atoms with Crippen molar-refractivity contribution in [3.63, 3.8) is 0 Å². The molecule has 0 fully saturated rings. The zero-order chi connectivity index (χ0) is 13.7. The number of hydrogen-bond donors (Lipinski definition) is 0. The highest BCUT2D eigenvalue weighted by Crippen LogP contribution is 2.50. The summed E-state index contributed by atoms with van der Waals surface area (Å²) in [6.07, 6.45) is 1.65. The standard InChI is InChI=1S/C13H16NO4P/c1-3-16-19(15,17-4-2)18-12-9-5-7-11-8-6-10-14-13(11)12/h5-10H,3-4H2,1-2H3. The molecule has 0 radical (unpaired) electrons. The molecule has 19 heavy (non-hydrogen) atoms. The van der Waals surface area contributed by atoms with Crippen LogP contribution in [0.5, 0.6) is 5.75 Å². The van der Waals surface area contributed by atoms with Gasteiger partial charge in [-0.05, 0) is 26.0 Å². The van der Waals surface area contributed by atoms with E-state index in [0.29, 0.717) is 11.3 Å². The Hall–Kier alpha value is -1.42. The molecule has 0 spiro atoms. The Balaban J connectivity index is 2.36. The second-order valence-electron chi connectivity index (χ2n) is 3.71. The molecule has 0 saturated heterocycles. The Morgan fingerprint density at radius 1 is 1.11 bits per heavy atom. The molecule has 0 aliphatic carbocycles. The van der Waals surface area contributed by atoms with Crippen molar-refractivity contribution in [1.29, 1.82) is 0 Å². The second kappa shape index (κ2) is 6.15. The molecule has 6 heteroatoms. The highest BCUT2D eigenvalue weighted by molar-refractivity contribution is 7.48. The fourth-order valence-electron chi connectivity index (χ4n) is 1.68. The lowest BCUT2D eigenvalue weighted by Gasteiger charge is -2.17. The number of hydrogen-bond acceptors (Lipinski definition) is 5. The van der Waals surface area contributed by atoms with Gasteiger partial charge in [-0.2, -0.15) is 0 Å². The SMILES string of the molecule is CCOP(=O)(OCC)Oc1cccc2cccnc12. The third-order valence-corrected chi connectivity index (χ3v) is 3.95. The van der Waals surface area contributed by atoms with Crippen LogP contribution in [0.3, 0.4) is 0 Å². The van der Waals surface area contributed by atoms with Crippen LogP contribution in [0.2, 0.25) is 0 Å². The summed E-state index contributed by atoms with van der Waals surface area (Å²) >= 11 is 0. The molecule has 0 N–H and O–H groups in total. The maximum atomic E-state index is 12.3. The molecule has 1 aromatic carbocycles. The monoisotopic (exact) mass is 281 g/mol. The minimum atomic E-state index is -3.59. The first kappa shape index (κ1) is 14.0. The van der Waals surface area contributed by atoms with Crippen molar-refractivity contribution in [1.82, 2.24) is 4.98 Å². The average Bonchev–Trinajstić information content (AvgIpc) is 2.39. The van der Waals surface area contributed by atoms with Crippen LogP contribution >= 0.6 is 7.82 Å². The zero-order valence-corrected chi connectivity index (χ0v) is 11.8. The van der Waals surface area contributed by atoms with E-state index in [1.165, 1.54) is 0 Å². The lowest BCUT2D eigenvalue weighted by molar-refractivity contribution is 0.168. The van der Waals surface area contributed by atoms with Gasteiger partial charge in [0.1, 0.15) is 5.52 Å². The van der Waals surface area contributed by atoms with Crippen molar-refractivity contribution < 1.29 is 18.1 Å². The molecule has 0 unspecified atom stereocenters. The Labute approximate surface area is 112 Å². The number of rotatable bonds is 6. The number of aromatic nitrogens is 1. The molecule has 0 amide bonds. The Morgan fingerprint density at radius 3 is 2.47 bits per heavy atom. The number of phosphoric ester groups is 1. The van der Waals surface area contributed by atoms with E-state index in [2.05, 4.69) is 4.98 Å². The van der Waals surface area contributed by atoms with Gasteiger partial charge in [-0.25, -0.2) is 4.57 Å². The number of nitrogens with zero attached hydrogens (tertiary/aromatic N) is 1. The van der Waals surface area contributed by atoms with E-state index in [1.807, 2.05) is 24.3 Å². The quantitative estimate of drug-likeness (QED) is 0.754. The van der Waals surface area contributed by atoms with Gasteiger partial charge in [-0.15, -0.1) is 0 Å². The van der Waals surface area contributed by atoms with Crippen LogP contribution in [0.15, 0.2) is 36.5 Å². The molecule has 102 valence electrons. The molecule has 2 rings (SSSR count). The zero-order valence-electron chi connectivity index (χ0n) is 10.9. The van der Waals surface area contributed by atoms with Crippen LogP contribution in [0.1, 0.15) is 13.8 Å². The minimum absolute atomic E-state index is 0.246. The van der Waals surface area contributed by atoms with Gasteiger partial charge >= 0.3 is 7.82 Å². The number of fused-ring (bicyclic) bond motifs is 1. The van der Waals surface area contributed by atoms with E-state index >= 15 is 0 Å². The highest BCUT2D eigenvalue weighted by Gasteiger charge is 2.28. The summed E-state index contributed by atoms with van der Waals surface area (Å²) in [4.78, 5) is 4.23. The molecule has 1 heterocycles. The lowest BCUT2D eigenvalue weighted by Crippen LogP contribution is -2.02. The van der Waals surface area contributed by atoms with Gasteiger partial charge in [-0.3, -0.25) is 14.0 Å². The van der Waals surface area contributed by atoms with E-state index < -0.39 is 7.82 Å². The van der Waals surface area contributed by atoms with Crippen molar-refractivity contribution in [3.05, 3.63) is 36.5 Å². The lowest BCUT2D eigenvalue weighted by atomic mass is 10.2. The van der Waals surface area contributed by atoms with E-state index in [-0.39, 0.29) is 13.2 Å². The highest BCUT2D eigenvalue weighted by atomic mass is 31.2. The van der Waals surface area contributed by atoms with Crippen LogP contribution < -0.4 is 4.52 Å². The molecule has 0 saturated carbocycles. The Morgan fingerprint density at radius 2 is 1.79 bits per heavy atom. The average molecular weight is 281 g/mol. The van der Waals surface area contributed by atoms with E-state index in [0.717, 1.165) is 5.39 Å². The molecule has 5 nitrogen and oxygen atoms in total. The largest absolute Gasteiger partial charge is 0.530 e. The first-order valence-electron chi connectivity index (χ1n) is 6.11.